The van der Waals surface area contributed by atoms with Crippen LogP contribution in [-0.4, -0.2) is 44.2 Å². The summed E-state index contributed by atoms with van der Waals surface area (Å²) >= 11 is 0. The molecule has 0 saturated carbocycles. The summed E-state index contributed by atoms with van der Waals surface area (Å²) in [6.07, 6.45) is 2.01. The van der Waals surface area contributed by atoms with E-state index in [1.54, 1.807) is 11.9 Å². The second-order valence-corrected chi connectivity index (χ2v) is 10.8. The molecule has 0 aromatic heterocycles. The van der Waals surface area contributed by atoms with Crippen molar-refractivity contribution in [2.45, 2.75) is 19.6 Å². The number of likely N-dealkylation sites (N-methyl/N-ethyl adjacent to an activating group) is 1. The molecular formula is C17H23NO2Si. The molecule has 1 aromatic rings. The summed E-state index contributed by atoms with van der Waals surface area (Å²) in [5.74, 6) is 2.46. The smallest absolute Gasteiger partial charge is 0.317 e. The highest BCUT2D eigenvalue weighted by Crippen LogP contribution is 2.13. The first-order valence-corrected chi connectivity index (χ1v) is 10.5. The Kier molecular flexibility index (Phi) is 6.41. The first-order valence-electron chi connectivity index (χ1n) is 6.97. The minimum absolute atomic E-state index is 0.0278. The Bertz CT molecular complexity index is 562. The van der Waals surface area contributed by atoms with Gasteiger partial charge in [0.2, 0.25) is 0 Å². The fourth-order valence-electron chi connectivity index (χ4n) is 1.66. The van der Waals surface area contributed by atoms with Gasteiger partial charge in [0.05, 0.1) is 6.54 Å². The zero-order valence-corrected chi connectivity index (χ0v) is 14.2. The first-order chi connectivity index (χ1) is 9.78. The molecule has 21 heavy (non-hydrogen) atoms. The second-order valence-electron chi connectivity index (χ2n) is 6.07. The van der Waals surface area contributed by atoms with E-state index in [4.69, 9.17) is 5.11 Å². The lowest BCUT2D eigenvalue weighted by molar-refractivity contribution is -0.137. The lowest BCUT2D eigenvalue weighted by Crippen LogP contribution is -2.25. The minimum atomic E-state index is -1.44. The molecule has 0 atom stereocenters. The number of carboxylic acid groups (broad SMARTS) is 1. The van der Waals surface area contributed by atoms with E-state index < -0.39 is 14.0 Å². The van der Waals surface area contributed by atoms with E-state index in [1.807, 2.05) is 36.4 Å². The molecule has 1 rings (SSSR count). The molecule has 0 unspecified atom stereocenters. The van der Waals surface area contributed by atoms with Gasteiger partial charge in [0.25, 0.3) is 0 Å². The topological polar surface area (TPSA) is 40.5 Å². The van der Waals surface area contributed by atoms with Crippen molar-refractivity contribution in [3.05, 3.63) is 42.0 Å². The van der Waals surface area contributed by atoms with Crippen molar-refractivity contribution >= 4 is 19.6 Å². The van der Waals surface area contributed by atoms with Crippen molar-refractivity contribution in [1.82, 2.24) is 4.90 Å². The van der Waals surface area contributed by atoms with Gasteiger partial charge in [-0.15, -0.1) is 5.54 Å². The molecule has 0 aliphatic rings. The largest absolute Gasteiger partial charge is 0.480 e. The zero-order valence-electron chi connectivity index (χ0n) is 13.2. The molecule has 0 bridgehead atoms. The highest BCUT2D eigenvalue weighted by molar-refractivity contribution is 6.84. The van der Waals surface area contributed by atoms with Crippen LogP contribution in [0.25, 0.3) is 5.57 Å². The third-order valence-corrected chi connectivity index (χ3v) is 3.54. The number of hydrogen-bond acceptors (Lipinski definition) is 2. The van der Waals surface area contributed by atoms with Crippen LogP contribution in [0.15, 0.2) is 36.4 Å². The summed E-state index contributed by atoms with van der Waals surface area (Å²) in [5, 5.41) is 8.79. The third kappa shape index (κ3) is 7.50. The van der Waals surface area contributed by atoms with E-state index in [-0.39, 0.29) is 6.54 Å². The number of nitrogens with zero attached hydrogens (tertiary/aromatic N) is 1. The van der Waals surface area contributed by atoms with Gasteiger partial charge in [-0.1, -0.05) is 62.0 Å². The molecule has 0 amide bonds. The SMILES string of the molecule is CN(CC=C(C#C[Si](C)(C)C)c1ccccc1)CC(=O)O. The van der Waals surface area contributed by atoms with E-state index >= 15 is 0 Å². The summed E-state index contributed by atoms with van der Waals surface area (Å²) in [5.41, 5.74) is 5.41. The molecule has 0 aliphatic carbocycles. The number of benzene rings is 1. The molecule has 1 aromatic carbocycles. The summed E-state index contributed by atoms with van der Waals surface area (Å²) in [6, 6.07) is 10.0. The molecule has 3 nitrogen and oxygen atoms in total. The average Bonchev–Trinajstić information content (AvgIpc) is 2.37. The molecule has 0 radical (unpaired) electrons. The monoisotopic (exact) mass is 301 g/mol. The molecular weight excluding hydrogens is 278 g/mol. The number of hydrogen-bond donors (Lipinski definition) is 1. The molecule has 112 valence electrons. The van der Waals surface area contributed by atoms with Gasteiger partial charge in [-0.2, -0.15) is 0 Å². The maximum atomic E-state index is 10.7. The highest BCUT2D eigenvalue weighted by atomic mass is 28.3. The van der Waals surface area contributed by atoms with E-state index in [1.165, 1.54) is 0 Å². The van der Waals surface area contributed by atoms with Gasteiger partial charge in [-0.25, -0.2) is 0 Å². The fraction of sp³-hybridized carbons (Fsp3) is 0.353. The Hall–Kier alpha value is -1.83. The van der Waals surface area contributed by atoms with E-state index in [2.05, 4.69) is 31.1 Å². The van der Waals surface area contributed by atoms with Gasteiger partial charge >= 0.3 is 5.97 Å². The van der Waals surface area contributed by atoms with Crippen LogP contribution in [0.4, 0.5) is 0 Å². The Labute approximate surface area is 128 Å². The minimum Gasteiger partial charge on any atom is -0.480 e. The molecule has 1 N–H and O–H groups in total. The molecule has 0 heterocycles. The van der Waals surface area contributed by atoms with E-state index in [9.17, 15) is 4.79 Å². The van der Waals surface area contributed by atoms with Crippen LogP contribution >= 0.6 is 0 Å². The molecule has 0 aliphatic heterocycles. The Morgan fingerprint density at radius 2 is 1.90 bits per heavy atom. The van der Waals surface area contributed by atoms with Crippen molar-refractivity contribution in [3.63, 3.8) is 0 Å². The molecule has 0 fully saturated rings. The number of rotatable bonds is 5. The summed E-state index contributed by atoms with van der Waals surface area (Å²) in [7, 11) is 0.346. The predicted molar refractivity (Wildman–Crippen MR) is 90.7 cm³/mol. The molecule has 0 saturated heterocycles. The summed E-state index contributed by atoms with van der Waals surface area (Å²) in [4.78, 5) is 12.4. The lowest BCUT2D eigenvalue weighted by atomic mass is 10.1. The van der Waals surface area contributed by atoms with Crippen LogP contribution in [0, 0.1) is 11.5 Å². The highest BCUT2D eigenvalue weighted by Gasteiger charge is 2.08. The Morgan fingerprint density at radius 1 is 1.29 bits per heavy atom. The number of carbonyl (C=O) groups is 1. The summed E-state index contributed by atoms with van der Waals surface area (Å²) < 4.78 is 0. The van der Waals surface area contributed by atoms with Crippen molar-refractivity contribution in [1.29, 1.82) is 0 Å². The Morgan fingerprint density at radius 3 is 2.43 bits per heavy atom. The molecule has 0 spiro atoms. The van der Waals surface area contributed by atoms with Crippen LogP contribution in [0.1, 0.15) is 5.56 Å². The van der Waals surface area contributed by atoms with Crippen LogP contribution in [0.2, 0.25) is 19.6 Å². The van der Waals surface area contributed by atoms with Gasteiger partial charge in [-0.3, -0.25) is 9.69 Å². The van der Waals surface area contributed by atoms with Crippen LogP contribution in [0.5, 0.6) is 0 Å². The summed E-state index contributed by atoms with van der Waals surface area (Å²) in [6.45, 7) is 7.22. The van der Waals surface area contributed by atoms with Gasteiger partial charge in [0.15, 0.2) is 0 Å². The van der Waals surface area contributed by atoms with Gasteiger partial charge < -0.3 is 5.11 Å². The quantitative estimate of drug-likeness (QED) is 0.671. The van der Waals surface area contributed by atoms with Crippen molar-refractivity contribution < 1.29 is 9.90 Å². The predicted octanol–water partition coefficient (Wildman–Crippen LogP) is 2.97. The zero-order chi connectivity index (χ0) is 15.9. The number of aliphatic carboxylic acids is 1. The maximum Gasteiger partial charge on any atom is 0.317 e. The standard InChI is InChI=1S/C17H23NO2Si/c1-18(14-17(19)20)12-10-16(11-13-21(2,3)4)15-8-6-5-7-9-15/h5-10H,12,14H2,1-4H3,(H,19,20). The van der Waals surface area contributed by atoms with Gasteiger partial charge in [-0.05, 0) is 12.6 Å². The number of allylic oxidation sites excluding steroid dienone is 1. The van der Waals surface area contributed by atoms with Crippen LogP contribution in [-0.2, 0) is 4.79 Å². The lowest BCUT2D eigenvalue weighted by Gasteiger charge is -2.12. The van der Waals surface area contributed by atoms with Crippen molar-refractivity contribution in [2.75, 3.05) is 20.1 Å². The van der Waals surface area contributed by atoms with Crippen molar-refractivity contribution in [3.8, 4) is 11.5 Å². The molecule has 4 heteroatoms. The van der Waals surface area contributed by atoms with Crippen LogP contribution in [0.3, 0.4) is 0 Å². The normalized spacial score (nSPS) is 12.0. The number of carboxylic acids is 1. The van der Waals surface area contributed by atoms with E-state index in [0.29, 0.717) is 6.54 Å². The maximum absolute atomic E-state index is 10.7. The van der Waals surface area contributed by atoms with Gasteiger partial charge in [0, 0.05) is 12.1 Å². The van der Waals surface area contributed by atoms with Crippen LogP contribution < -0.4 is 0 Å². The first kappa shape index (κ1) is 17.2. The Balaban J connectivity index is 2.97. The average molecular weight is 301 g/mol. The van der Waals surface area contributed by atoms with Crippen molar-refractivity contribution in [2.24, 2.45) is 0 Å². The van der Waals surface area contributed by atoms with E-state index in [0.717, 1.165) is 11.1 Å². The fourth-order valence-corrected chi connectivity index (χ4v) is 2.17. The third-order valence-electron chi connectivity index (χ3n) is 2.67. The second kappa shape index (κ2) is 7.82. The van der Waals surface area contributed by atoms with Gasteiger partial charge in [0.1, 0.15) is 8.07 Å².